The molecule has 1 aromatic carbocycles. The number of nitrogens with zero attached hydrogens (tertiary/aromatic N) is 2. The lowest BCUT2D eigenvalue weighted by molar-refractivity contribution is -0.129. The second kappa shape index (κ2) is 7.13. The average Bonchev–Trinajstić information content (AvgIpc) is 3.25. The summed E-state index contributed by atoms with van der Waals surface area (Å²) in [5.74, 6) is 2.20. The van der Waals surface area contributed by atoms with Crippen LogP contribution in [0, 0.1) is 6.92 Å². The molecule has 1 atom stereocenters. The third-order valence-corrected chi connectivity index (χ3v) is 4.52. The van der Waals surface area contributed by atoms with E-state index >= 15 is 0 Å². The number of amides is 1. The van der Waals surface area contributed by atoms with Gasteiger partial charge < -0.3 is 19.3 Å². The summed E-state index contributed by atoms with van der Waals surface area (Å²) in [7, 11) is 1.60. The van der Waals surface area contributed by atoms with Crippen molar-refractivity contribution in [2.24, 2.45) is 0 Å². The molecule has 1 aromatic heterocycles. The lowest BCUT2D eigenvalue weighted by atomic mass is 9.96. The van der Waals surface area contributed by atoms with E-state index in [1.807, 2.05) is 0 Å². The summed E-state index contributed by atoms with van der Waals surface area (Å²) in [5, 5.41) is 7.12. The van der Waals surface area contributed by atoms with Gasteiger partial charge in [-0.15, -0.1) is 0 Å². The largest absolute Gasteiger partial charge is 0.497 e. The summed E-state index contributed by atoms with van der Waals surface area (Å²) >= 11 is 0. The number of rotatable bonds is 6. The zero-order chi connectivity index (χ0) is 17.9. The minimum atomic E-state index is -0.640. The third-order valence-electron chi connectivity index (χ3n) is 4.52. The van der Waals surface area contributed by atoms with Gasteiger partial charge in [0.1, 0.15) is 17.0 Å². The van der Waals surface area contributed by atoms with Crippen molar-refractivity contribution in [2.75, 3.05) is 7.11 Å². The Hall–Kier alpha value is -2.57. The van der Waals surface area contributed by atoms with Crippen molar-refractivity contribution < 1.29 is 18.8 Å². The van der Waals surface area contributed by atoms with E-state index in [0.29, 0.717) is 17.5 Å². The Kier molecular flexibility index (Phi) is 4.92. The van der Waals surface area contributed by atoms with Crippen LogP contribution in [0.4, 0.5) is 0 Å². The summed E-state index contributed by atoms with van der Waals surface area (Å²) in [6, 6.07) is 7.13. The second-order valence-corrected chi connectivity index (χ2v) is 6.35. The Bertz CT molecular complexity index is 720. The molecule has 1 N–H and O–H groups in total. The van der Waals surface area contributed by atoms with Crippen LogP contribution in [-0.2, 0) is 10.3 Å². The van der Waals surface area contributed by atoms with Crippen molar-refractivity contribution >= 4 is 5.91 Å². The van der Waals surface area contributed by atoms with Gasteiger partial charge in [-0.05, 0) is 44.0 Å². The normalized spacial score (nSPS) is 17.1. The summed E-state index contributed by atoms with van der Waals surface area (Å²) in [6.07, 6.45) is 2.99. The number of carbonyl (C=O) groups is 1. The lowest BCUT2D eigenvalue weighted by Gasteiger charge is -2.28. The standard InChI is InChI=1S/C18H23N3O4/c1-12(24-15-8-6-14(23-3)7-9-15)16(22)20-18(10-4-5-11-18)17-19-13(2)25-21-17/h6-9,12H,4-5,10-11H2,1-3H3,(H,20,22). The Morgan fingerprint density at radius 3 is 2.44 bits per heavy atom. The maximum absolute atomic E-state index is 12.7. The predicted molar refractivity (Wildman–Crippen MR) is 90.4 cm³/mol. The quantitative estimate of drug-likeness (QED) is 0.866. The summed E-state index contributed by atoms with van der Waals surface area (Å²) in [6.45, 7) is 3.47. The summed E-state index contributed by atoms with van der Waals surface area (Å²) in [4.78, 5) is 17.0. The molecule has 0 saturated heterocycles. The van der Waals surface area contributed by atoms with E-state index < -0.39 is 11.6 Å². The number of methoxy groups -OCH3 is 1. The van der Waals surface area contributed by atoms with Crippen LogP contribution in [0.15, 0.2) is 28.8 Å². The highest BCUT2D eigenvalue weighted by Crippen LogP contribution is 2.37. The topological polar surface area (TPSA) is 86.5 Å². The van der Waals surface area contributed by atoms with Crippen LogP contribution in [0.2, 0.25) is 0 Å². The number of aromatic nitrogens is 2. The number of aryl methyl sites for hydroxylation is 1. The smallest absolute Gasteiger partial charge is 0.261 e. The molecule has 0 spiro atoms. The number of hydrogen-bond donors (Lipinski definition) is 1. The van der Waals surface area contributed by atoms with Gasteiger partial charge in [-0.3, -0.25) is 4.79 Å². The first kappa shape index (κ1) is 17.3. The Morgan fingerprint density at radius 2 is 1.88 bits per heavy atom. The molecule has 0 aliphatic heterocycles. The lowest BCUT2D eigenvalue weighted by Crippen LogP contribution is -2.49. The van der Waals surface area contributed by atoms with Crippen LogP contribution < -0.4 is 14.8 Å². The molecule has 1 amide bonds. The Morgan fingerprint density at radius 1 is 1.24 bits per heavy atom. The SMILES string of the molecule is COc1ccc(OC(C)C(=O)NC2(c3noc(C)n3)CCCC2)cc1. The molecular formula is C18H23N3O4. The molecule has 1 fully saturated rings. The molecule has 1 aliphatic rings. The molecule has 134 valence electrons. The molecule has 2 aromatic rings. The first-order chi connectivity index (χ1) is 12.0. The molecule has 1 aliphatic carbocycles. The average molecular weight is 345 g/mol. The van der Waals surface area contributed by atoms with Crippen LogP contribution in [0.5, 0.6) is 11.5 Å². The second-order valence-electron chi connectivity index (χ2n) is 6.35. The number of carbonyl (C=O) groups excluding carboxylic acids is 1. The van der Waals surface area contributed by atoms with Gasteiger partial charge in [-0.2, -0.15) is 4.98 Å². The van der Waals surface area contributed by atoms with Gasteiger partial charge in [-0.1, -0.05) is 18.0 Å². The van der Waals surface area contributed by atoms with E-state index in [0.717, 1.165) is 31.4 Å². The zero-order valence-corrected chi connectivity index (χ0v) is 14.7. The minimum absolute atomic E-state index is 0.194. The maximum atomic E-state index is 12.7. The zero-order valence-electron chi connectivity index (χ0n) is 14.7. The van der Waals surface area contributed by atoms with Crippen molar-refractivity contribution in [3.05, 3.63) is 36.0 Å². The van der Waals surface area contributed by atoms with Gasteiger partial charge >= 0.3 is 0 Å². The maximum Gasteiger partial charge on any atom is 0.261 e. The molecule has 0 bridgehead atoms. The van der Waals surface area contributed by atoms with E-state index in [1.165, 1.54) is 0 Å². The van der Waals surface area contributed by atoms with Gasteiger partial charge in [0.05, 0.1) is 7.11 Å². The number of nitrogens with one attached hydrogen (secondary N) is 1. The third kappa shape index (κ3) is 3.75. The van der Waals surface area contributed by atoms with E-state index in [2.05, 4.69) is 15.5 Å². The van der Waals surface area contributed by atoms with Crippen molar-refractivity contribution in [1.82, 2.24) is 15.5 Å². The molecule has 25 heavy (non-hydrogen) atoms. The fraction of sp³-hybridized carbons (Fsp3) is 0.500. The van der Waals surface area contributed by atoms with Crippen molar-refractivity contribution in [3.63, 3.8) is 0 Å². The van der Waals surface area contributed by atoms with Crippen LogP contribution in [0.1, 0.15) is 44.3 Å². The molecule has 3 rings (SSSR count). The first-order valence-corrected chi connectivity index (χ1v) is 8.46. The summed E-state index contributed by atoms with van der Waals surface area (Å²) in [5.41, 5.74) is -0.563. The summed E-state index contributed by atoms with van der Waals surface area (Å²) < 4.78 is 16.0. The highest BCUT2D eigenvalue weighted by molar-refractivity contribution is 5.81. The van der Waals surface area contributed by atoms with Crippen LogP contribution in [-0.4, -0.2) is 29.3 Å². The van der Waals surface area contributed by atoms with Crippen LogP contribution in [0.3, 0.4) is 0 Å². The first-order valence-electron chi connectivity index (χ1n) is 8.46. The van der Waals surface area contributed by atoms with Crippen molar-refractivity contribution in [3.8, 4) is 11.5 Å². The Labute approximate surface area is 146 Å². The van der Waals surface area contributed by atoms with Crippen LogP contribution in [0.25, 0.3) is 0 Å². The predicted octanol–water partition coefficient (Wildman–Crippen LogP) is 2.74. The molecule has 1 heterocycles. The van der Waals surface area contributed by atoms with E-state index in [4.69, 9.17) is 14.0 Å². The van der Waals surface area contributed by atoms with Gasteiger partial charge in [0.2, 0.25) is 5.89 Å². The molecule has 0 radical (unpaired) electrons. The highest BCUT2D eigenvalue weighted by Gasteiger charge is 2.42. The monoisotopic (exact) mass is 345 g/mol. The molecular weight excluding hydrogens is 322 g/mol. The number of benzene rings is 1. The fourth-order valence-electron chi connectivity index (χ4n) is 3.13. The van der Waals surface area contributed by atoms with Crippen LogP contribution >= 0.6 is 0 Å². The molecule has 7 nitrogen and oxygen atoms in total. The number of ether oxygens (including phenoxy) is 2. The fourth-order valence-corrected chi connectivity index (χ4v) is 3.13. The molecule has 7 heteroatoms. The molecule has 1 saturated carbocycles. The Balaban J connectivity index is 1.68. The van der Waals surface area contributed by atoms with Gasteiger partial charge in [0.15, 0.2) is 11.9 Å². The molecule has 1 unspecified atom stereocenters. The van der Waals surface area contributed by atoms with Gasteiger partial charge in [0, 0.05) is 6.92 Å². The van der Waals surface area contributed by atoms with Gasteiger partial charge in [0.25, 0.3) is 5.91 Å². The highest BCUT2D eigenvalue weighted by atomic mass is 16.5. The van der Waals surface area contributed by atoms with E-state index in [9.17, 15) is 4.79 Å². The van der Waals surface area contributed by atoms with Gasteiger partial charge in [-0.25, -0.2) is 0 Å². The van der Waals surface area contributed by atoms with E-state index in [-0.39, 0.29) is 5.91 Å². The number of hydrogen-bond acceptors (Lipinski definition) is 6. The van der Waals surface area contributed by atoms with Crippen molar-refractivity contribution in [1.29, 1.82) is 0 Å². The van der Waals surface area contributed by atoms with E-state index in [1.54, 1.807) is 45.2 Å². The minimum Gasteiger partial charge on any atom is -0.497 e. The van der Waals surface area contributed by atoms with Crippen molar-refractivity contribution in [2.45, 2.75) is 51.2 Å².